The zero-order valence-electron chi connectivity index (χ0n) is 11.0. The normalized spacial score (nSPS) is 26.4. The Morgan fingerprint density at radius 1 is 1.44 bits per heavy atom. The Kier molecular flexibility index (Phi) is 4.99. The molecule has 0 bridgehead atoms. The van der Waals surface area contributed by atoms with E-state index in [-0.39, 0.29) is 24.2 Å². The minimum atomic E-state index is -0.714. The molecule has 2 aliphatic heterocycles. The van der Waals surface area contributed by atoms with Gasteiger partial charge in [-0.3, -0.25) is 9.59 Å². The number of rotatable bonds is 2. The molecule has 0 radical (unpaired) electrons. The van der Waals surface area contributed by atoms with Crippen molar-refractivity contribution in [2.45, 2.75) is 44.7 Å². The van der Waals surface area contributed by atoms with Crippen molar-refractivity contribution < 1.29 is 9.59 Å². The second-order valence-corrected chi connectivity index (χ2v) is 5.36. The molecule has 0 spiro atoms. The van der Waals surface area contributed by atoms with E-state index in [0.29, 0.717) is 25.6 Å². The summed E-state index contributed by atoms with van der Waals surface area (Å²) in [6.07, 6.45) is 2.71. The van der Waals surface area contributed by atoms with E-state index in [2.05, 4.69) is 10.6 Å². The van der Waals surface area contributed by atoms with E-state index in [0.717, 1.165) is 19.4 Å². The topological polar surface area (TPSA) is 61.4 Å². The molecule has 2 heterocycles. The Hall–Kier alpha value is -0.810. The number of hydrogen-bond acceptors (Lipinski definition) is 3. The fourth-order valence-electron chi connectivity index (χ4n) is 2.59. The van der Waals surface area contributed by atoms with Gasteiger partial charge in [-0.25, -0.2) is 0 Å². The number of nitrogens with one attached hydrogen (secondary N) is 2. The van der Waals surface area contributed by atoms with Crippen LogP contribution in [0.2, 0.25) is 0 Å². The van der Waals surface area contributed by atoms with E-state index < -0.39 is 5.54 Å². The van der Waals surface area contributed by atoms with Crippen molar-refractivity contribution in [2.75, 3.05) is 19.6 Å². The fraction of sp³-hybridized carbons (Fsp3) is 0.833. The highest BCUT2D eigenvalue weighted by Crippen LogP contribution is 2.20. The van der Waals surface area contributed by atoms with E-state index in [9.17, 15) is 9.59 Å². The quantitative estimate of drug-likeness (QED) is 0.761. The molecule has 2 amide bonds. The first kappa shape index (κ1) is 15.2. The molecule has 104 valence electrons. The SMILES string of the molecule is CC1(C)C(=O)NCCN1C(=O)CC1CCCN1.Cl. The molecule has 1 unspecified atom stereocenters. The third-order valence-corrected chi connectivity index (χ3v) is 3.74. The number of piperazine rings is 1. The van der Waals surface area contributed by atoms with E-state index in [1.54, 1.807) is 4.90 Å². The summed E-state index contributed by atoms with van der Waals surface area (Å²) in [5.41, 5.74) is -0.714. The molecule has 6 heteroatoms. The molecular weight excluding hydrogens is 254 g/mol. The van der Waals surface area contributed by atoms with Crippen LogP contribution in [0, 0.1) is 0 Å². The Balaban J connectivity index is 0.00000162. The Morgan fingerprint density at radius 3 is 2.78 bits per heavy atom. The van der Waals surface area contributed by atoms with Crippen LogP contribution in [0.4, 0.5) is 0 Å². The number of hydrogen-bond donors (Lipinski definition) is 2. The molecule has 2 fully saturated rings. The second kappa shape index (κ2) is 5.89. The van der Waals surface area contributed by atoms with Gasteiger partial charge in [0.15, 0.2) is 0 Å². The molecule has 2 N–H and O–H groups in total. The van der Waals surface area contributed by atoms with Gasteiger partial charge < -0.3 is 15.5 Å². The van der Waals surface area contributed by atoms with Crippen molar-refractivity contribution in [3.63, 3.8) is 0 Å². The van der Waals surface area contributed by atoms with Gasteiger partial charge in [0, 0.05) is 25.6 Å². The first-order valence-corrected chi connectivity index (χ1v) is 6.34. The van der Waals surface area contributed by atoms with Crippen LogP contribution in [0.3, 0.4) is 0 Å². The molecule has 0 saturated carbocycles. The van der Waals surface area contributed by atoms with E-state index in [1.165, 1.54) is 0 Å². The summed E-state index contributed by atoms with van der Waals surface area (Å²) >= 11 is 0. The average Bonchev–Trinajstić information content (AvgIpc) is 2.74. The van der Waals surface area contributed by atoms with Gasteiger partial charge in [0.25, 0.3) is 0 Å². The number of amides is 2. The summed E-state index contributed by atoms with van der Waals surface area (Å²) in [5, 5.41) is 6.12. The number of nitrogens with zero attached hydrogens (tertiary/aromatic N) is 1. The maximum absolute atomic E-state index is 12.2. The molecular formula is C12H22ClN3O2. The molecule has 0 aromatic rings. The van der Waals surface area contributed by atoms with Crippen LogP contribution in [0.15, 0.2) is 0 Å². The van der Waals surface area contributed by atoms with Crippen molar-refractivity contribution >= 4 is 24.2 Å². The highest BCUT2D eigenvalue weighted by molar-refractivity contribution is 5.92. The Labute approximate surface area is 114 Å². The first-order chi connectivity index (χ1) is 8.01. The lowest BCUT2D eigenvalue weighted by molar-refractivity contribution is -0.149. The molecule has 5 nitrogen and oxygen atoms in total. The van der Waals surface area contributed by atoms with Crippen molar-refractivity contribution in [2.24, 2.45) is 0 Å². The smallest absolute Gasteiger partial charge is 0.245 e. The standard InChI is InChI=1S/C12H21N3O2.ClH/c1-12(2)11(17)14-6-7-15(12)10(16)8-9-4-3-5-13-9;/h9,13H,3-8H2,1-2H3,(H,14,17);1H. The molecule has 0 aliphatic carbocycles. The summed E-state index contributed by atoms with van der Waals surface area (Å²) in [7, 11) is 0. The summed E-state index contributed by atoms with van der Waals surface area (Å²) in [6, 6.07) is 0.295. The summed E-state index contributed by atoms with van der Waals surface area (Å²) in [5.74, 6) is 0.0285. The highest BCUT2D eigenvalue weighted by Gasteiger charge is 2.40. The van der Waals surface area contributed by atoms with E-state index in [4.69, 9.17) is 0 Å². The lowest BCUT2D eigenvalue weighted by atomic mass is 9.97. The van der Waals surface area contributed by atoms with Gasteiger partial charge in [0.05, 0.1) is 0 Å². The van der Waals surface area contributed by atoms with Crippen LogP contribution in [0.5, 0.6) is 0 Å². The van der Waals surface area contributed by atoms with Crippen molar-refractivity contribution in [1.82, 2.24) is 15.5 Å². The minimum Gasteiger partial charge on any atom is -0.352 e. The van der Waals surface area contributed by atoms with Gasteiger partial charge in [0.1, 0.15) is 5.54 Å². The Morgan fingerprint density at radius 2 is 2.17 bits per heavy atom. The van der Waals surface area contributed by atoms with Crippen molar-refractivity contribution in [3.05, 3.63) is 0 Å². The maximum Gasteiger partial charge on any atom is 0.245 e. The molecule has 1 atom stereocenters. The minimum absolute atomic E-state index is 0. The highest BCUT2D eigenvalue weighted by atomic mass is 35.5. The van der Waals surface area contributed by atoms with Crippen LogP contribution in [0.25, 0.3) is 0 Å². The number of halogens is 1. The van der Waals surface area contributed by atoms with Crippen LogP contribution < -0.4 is 10.6 Å². The van der Waals surface area contributed by atoms with Crippen molar-refractivity contribution in [1.29, 1.82) is 0 Å². The average molecular weight is 276 g/mol. The summed E-state index contributed by atoms with van der Waals surface area (Å²) in [6.45, 7) is 5.79. The lowest BCUT2D eigenvalue weighted by Gasteiger charge is -2.41. The van der Waals surface area contributed by atoms with Gasteiger partial charge in [-0.1, -0.05) is 0 Å². The summed E-state index contributed by atoms with van der Waals surface area (Å²) < 4.78 is 0. The number of carbonyl (C=O) groups is 2. The van der Waals surface area contributed by atoms with Crippen LogP contribution in [-0.4, -0.2) is 47.9 Å². The first-order valence-electron chi connectivity index (χ1n) is 6.34. The van der Waals surface area contributed by atoms with Crippen molar-refractivity contribution in [3.8, 4) is 0 Å². The monoisotopic (exact) mass is 275 g/mol. The van der Waals surface area contributed by atoms with E-state index >= 15 is 0 Å². The predicted octanol–water partition coefficient (Wildman–Crippen LogP) is 0.287. The zero-order chi connectivity index (χ0) is 12.5. The fourth-order valence-corrected chi connectivity index (χ4v) is 2.59. The molecule has 18 heavy (non-hydrogen) atoms. The van der Waals surface area contributed by atoms with Gasteiger partial charge in [-0.05, 0) is 33.2 Å². The zero-order valence-corrected chi connectivity index (χ0v) is 11.8. The Bertz CT molecular complexity index is 327. The third kappa shape index (κ3) is 2.95. The molecule has 2 rings (SSSR count). The van der Waals surface area contributed by atoms with Crippen LogP contribution in [-0.2, 0) is 9.59 Å². The predicted molar refractivity (Wildman–Crippen MR) is 71.7 cm³/mol. The number of carbonyl (C=O) groups excluding carboxylic acids is 2. The molecule has 0 aromatic carbocycles. The molecule has 2 saturated heterocycles. The third-order valence-electron chi connectivity index (χ3n) is 3.74. The molecule has 0 aromatic heterocycles. The van der Waals surface area contributed by atoms with Gasteiger partial charge in [-0.2, -0.15) is 0 Å². The second-order valence-electron chi connectivity index (χ2n) is 5.36. The van der Waals surface area contributed by atoms with Crippen LogP contribution in [0.1, 0.15) is 33.1 Å². The summed E-state index contributed by atoms with van der Waals surface area (Å²) in [4.78, 5) is 25.7. The van der Waals surface area contributed by atoms with E-state index in [1.807, 2.05) is 13.8 Å². The molecule has 2 aliphatic rings. The lowest BCUT2D eigenvalue weighted by Crippen LogP contribution is -2.63. The van der Waals surface area contributed by atoms with Crippen LogP contribution >= 0.6 is 12.4 Å². The largest absolute Gasteiger partial charge is 0.352 e. The van der Waals surface area contributed by atoms with Gasteiger partial charge >= 0.3 is 0 Å². The van der Waals surface area contributed by atoms with Gasteiger partial charge in [-0.15, -0.1) is 12.4 Å². The maximum atomic E-state index is 12.2. The van der Waals surface area contributed by atoms with Gasteiger partial charge in [0.2, 0.25) is 11.8 Å².